The molecule has 0 spiro atoms. The molecule has 1 atom stereocenters. The topological polar surface area (TPSA) is 55.0 Å². The van der Waals surface area contributed by atoms with E-state index in [-0.39, 0.29) is 6.10 Å². The van der Waals surface area contributed by atoms with Crippen molar-refractivity contribution in [1.29, 1.82) is 0 Å². The molecule has 1 N–H and O–H groups in total. The number of ether oxygens (including phenoxy) is 1. The van der Waals surface area contributed by atoms with E-state index in [0.29, 0.717) is 6.47 Å². The van der Waals surface area contributed by atoms with Gasteiger partial charge in [-0.25, -0.2) is 0 Å². The molecule has 0 radical (unpaired) electrons. The van der Waals surface area contributed by atoms with Crippen LogP contribution < -0.4 is 0 Å². The minimum atomic E-state index is -0.265. The molecule has 66 valence electrons. The van der Waals surface area contributed by atoms with E-state index < -0.39 is 0 Å². The zero-order valence-electron chi connectivity index (χ0n) is 7.20. The van der Waals surface area contributed by atoms with Gasteiger partial charge in [-0.05, 0) is 19.4 Å². The number of nitrogens with zero attached hydrogens (tertiary/aromatic N) is 1. The molecule has 0 bridgehead atoms. The number of aromatic amines is 1. The van der Waals surface area contributed by atoms with E-state index in [9.17, 15) is 4.79 Å². The Hall–Kier alpha value is -1.32. The number of rotatable bonds is 4. The van der Waals surface area contributed by atoms with Crippen LogP contribution in [0.2, 0.25) is 0 Å². The molecule has 0 saturated carbocycles. The summed E-state index contributed by atoms with van der Waals surface area (Å²) in [4.78, 5) is 10.0. The molecule has 1 unspecified atom stereocenters. The zero-order chi connectivity index (χ0) is 8.97. The summed E-state index contributed by atoms with van der Waals surface area (Å²) in [6, 6.07) is 1.90. The van der Waals surface area contributed by atoms with Gasteiger partial charge in [-0.15, -0.1) is 0 Å². The largest absolute Gasteiger partial charge is 0.458 e. The molecular weight excluding hydrogens is 156 g/mol. The highest BCUT2D eigenvalue weighted by Crippen LogP contribution is 2.13. The van der Waals surface area contributed by atoms with Crippen LogP contribution in [-0.2, 0) is 16.0 Å². The SMILES string of the molecule is CCc1cc(C(C)OC=O)n[nH]1. The molecule has 0 aliphatic heterocycles. The van der Waals surface area contributed by atoms with Gasteiger partial charge in [-0.3, -0.25) is 9.89 Å². The molecule has 0 aliphatic rings. The van der Waals surface area contributed by atoms with Crippen LogP contribution in [0, 0.1) is 0 Å². The summed E-state index contributed by atoms with van der Waals surface area (Å²) in [5.74, 6) is 0. The van der Waals surface area contributed by atoms with Crippen molar-refractivity contribution in [1.82, 2.24) is 10.2 Å². The lowest BCUT2D eigenvalue weighted by Gasteiger charge is -2.03. The lowest BCUT2D eigenvalue weighted by atomic mass is 10.2. The second-order valence-electron chi connectivity index (χ2n) is 2.55. The first kappa shape index (κ1) is 8.77. The van der Waals surface area contributed by atoms with E-state index in [4.69, 9.17) is 4.74 Å². The molecule has 0 amide bonds. The number of aryl methyl sites for hydroxylation is 1. The van der Waals surface area contributed by atoms with Crippen LogP contribution in [0.4, 0.5) is 0 Å². The van der Waals surface area contributed by atoms with Crippen molar-refractivity contribution in [3.05, 3.63) is 17.5 Å². The van der Waals surface area contributed by atoms with Gasteiger partial charge < -0.3 is 4.74 Å². The molecule has 0 aliphatic carbocycles. The molecule has 1 rings (SSSR count). The number of carbonyl (C=O) groups is 1. The third-order valence-corrected chi connectivity index (χ3v) is 1.71. The van der Waals surface area contributed by atoms with E-state index in [1.54, 1.807) is 6.92 Å². The van der Waals surface area contributed by atoms with Crippen LogP contribution in [0.25, 0.3) is 0 Å². The van der Waals surface area contributed by atoms with Gasteiger partial charge in [0.2, 0.25) is 0 Å². The highest BCUT2D eigenvalue weighted by molar-refractivity contribution is 5.38. The van der Waals surface area contributed by atoms with Gasteiger partial charge in [0.1, 0.15) is 11.8 Å². The molecule has 4 nitrogen and oxygen atoms in total. The van der Waals surface area contributed by atoms with Gasteiger partial charge in [-0.1, -0.05) is 6.92 Å². The minimum Gasteiger partial charge on any atom is -0.458 e. The number of hydrogen-bond acceptors (Lipinski definition) is 3. The maximum atomic E-state index is 10.0. The standard InChI is InChI=1S/C8H12N2O2/c1-3-7-4-8(10-9-7)6(2)12-5-11/h4-6H,3H2,1-2H3,(H,9,10). The van der Waals surface area contributed by atoms with Crippen LogP contribution in [-0.4, -0.2) is 16.7 Å². The molecule has 1 aromatic rings. The molecule has 0 saturated heterocycles. The minimum absolute atomic E-state index is 0.265. The van der Waals surface area contributed by atoms with E-state index in [2.05, 4.69) is 10.2 Å². The van der Waals surface area contributed by atoms with Crippen molar-refractivity contribution in [2.24, 2.45) is 0 Å². The monoisotopic (exact) mass is 168 g/mol. The van der Waals surface area contributed by atoms with Crippen LogP contribution in [0.3, 0.4) is 0 Å². The van der Waals surface area contributed by atoms with Crippen LogP contribution in [0.1, 0.15) is 31.3 Å². The molecule has 0 fully saturated rings. The number of hydrogen-bond donors (Lipinski definition) is 1. The third-order valence-electron chi connectivity index (χ3n) is 1.71. The number of carbonyl (C=O) groups excluding carboxylic acids is 1. The Kier molecular flexibility index (Phi) is 2.85. The summed E-state index contributed by atoms with van der Waals surface area (Å²) in [7, 11) is 0. The molecule has 4 heteroatoms. The summed E-state index contributed by atoms with van der Waals surface area (Å²) in [5, 5.41) is 6.85. The van der Waals surface area contributed by atoms with E-state index in [0.717, 1.165) is 17.8 Å². The fraction of sp³-hybridized carbons (Fsp3) is 0.500. The first-order chi connectivity index (χ1) is 5.77. The van der Waals surface area contributed by atoms with Crippen molar-refractivity contribution < 1.29 is 9.53 Å². The van der Waals surface area contributed by atoms with Gasteiger partial charge in [-0.2, -0.15) is 5.10 Å². The lowest BCUT2D eigenvalue weighted by molar-refractivity contribution is -0.133. The predicted octanol–water partition coefficient (Wildman–Crippen LogP) is 1.21. The number of aromatic nitrogens is 2. The van der Waals surface area contributed by atoms with E-state index in [1.807, 2.05) is 13.0 Å². The first-order valence-electron chi connectivity index (χ1n) is 3.91. The quantitative estimate of drug-likeness (QED) is 0.687. The molecule has 1 aromatic heterocycles. The molecule has 12 heavy (non-hydrogen) atoms. The lowest BCUT2D eigenvalue weighted by Crippen LogP contribution is -1.97. The second-order valence-corrected chi connectivity index (χ2v) is 2.55. The van der Waals surface area contributed by atoms with Crippen molar-refractivity contribution in [2.75, 3.05) is 0 Å². The summed E-state index contributed by atoms with van der Waals surface area (Å²) in [6.45, 7) is 4.25. The predicted molar refractivity (Wildman–Crippen MR) is 43.5 cm³/mol. The Labute approximate surface area is 70.9 Å². The molecule has 1 heterocycles. The maximum Gasteiger partial charge on any atom is 0.293 e. The normalized spacial score (nSPS) is 12.5. The average Bonchev–Trinajstić information content (AvgIpc) is 2.52. The van der Waals surface area contributed by atoms with Crippen molar-refractivity contribution in [3.63, 3.8) is 0 Å². The van der Waals surface area contributed by atoms with Crippen LogP contribution in [0.15, 0.2) is 6.07 Å². The fourth-order valence-corrected chi connectivity index (χ4v) is 0.922. The molecule has 0 aromatic carbocycles. The Bertz CT molecular complexity index is 257. The summed E-state index contributed by atoms with van der Waals surface area (Å²) in [5.41, 5.74) is 1.81. The Balaban J connectivity index is 2.67. The highest BCUT2D eigenvalue weighted by atomic mass is 16.5. The van der Waals surface area contributed by atoms with Gasteiger partial charge >= 0.3 is 0 Å². The Morgan fingerprint density at radius 3 is 3.08 bits per heavy atom. The van der Waals surface area contributed by atoms with E-state index in [1.165, 1.54) is 0 Å². The number of H-pyrrole nitrogens is 1. The molecular formula is C8H12N2O2. The van der Waals surface area contributed by atoms with Gasteiger partial charge in [0.25, 0.3) is 6.47 Å². The Morgan fingerprint density at radius 1 is 1.83 bits per heavy atom. The van der Waals surface area contributed by atoms with Crippen molar-refractivity contribution in [2.45, 2.75) is 26.4 Å². The summed E-state index contributed by atoms with van der Waals surface area (Å²) in [6.07, 6.45) is 0.639. The Morgan fingerprint density at radius 2 is 2.58 bits per heavy atom. The van der Waals surface area contributed by atoms with Crippen molar-refractivity contribution >= 4 is 6.47 Å². The average molecular weight is 168 g/mol. The maximum absolute atomic E-state index is 10.0. The van der Waals surface area contributed by atoms with E-state index >= 15 is 0 Å². The fourth-order valence-electron chi connectivity index (χ4n) is 0.922. The highest BCUT2D eigenvalue weighted by Gasteiger charge is 2.08. The van der Waals surface area contributed by atoms with Gasteiger partial charge in [0, 0.05) is 5.69 Å². The third kappa shape index (κ3) is 1.84. The van der Waals surface area contributed by atoms with Gasteiger partial charge in [0.15, 0.2) is 0 Å². The zero-order valence-corrected chi connectivity index (χ0v) is 7.20. The first-order valence-corrected chi connectivity index (χ1v) is 3.91. The summed E-state index contributed by atoms with van der Waals surface area (Å²) < 4.78 is 4.72. The van der Waals surface area contributed by atoms with Crippen molar-refractivity contribution in [3.8, 4) is 0 Å². The van der Waals surface area contributed by atoms with Crippen LogP contribution in [0.5, 0.6) is 0 Å². The summed E-state index contributed by atoms with van der Waals surface area (Å²) >= 11 is 0. The number of nitrogens with one attached hydrogen (secondary N) is 1. The van der Waals surface area contributed by atoms with Gasteiger partial charge in [0.05, 0.1) is 0 Å². The van der Waals surface area contributed by atoms with Crippen LogP contribution >= 0.6 is 0 Å². The second kappa shape index (κ2) is 3.90. The smallest absolute Gasteiger partial charge is 0.293 e.